The summed E-state index contributed by atoms with van der Waals surface area (Å²) in [6.07, 6.45) is 5.96. The average Bonchev–Trinajstić information content (AvgIpc) is 2.75. The monoisotopic (exact) mass is 396 g/mol. The van der Waals surface area contributed by atoms with Crippen LogP contribution in [0, 0.1) is 20.8 Å². The summed E-state index contributed by atoms with van der Waals surface area (Å²) < 4.78 is 5.65. The quantitative estimate of drug-likeness (QED) is 0.468. The fourth-order valence-electron chi connectivity index (χ4n) is 3.62. The van der Waals surface area contributed by atoms with Crippen molar-refractivity contribution >= 4 is 0 Å². The van der Waals surface area contributed by atoms with Gasteiger partial charge in [-0.15, -0.1) is 0 Å². The highest BCUT2D eigenvalue weighted by Crippen LogP contribution is 2.30. The fourth-order valence-corrected chi connectivity index (χ4v) is 3.62. The highest BCUT2D eigenvalue weighted by Gasteiger charge is 2.14. The molecular formula is C25H24N4O. The minimum Gasteiger partial charge on any atom is -0.496 e. The van der Waals surface area contributed by atoms with Crippen molar-refractivity contribution in [2.75, 3.05) is 7.11 Å². The van der Waals surface area contributed by atoms with Crippen LogP contribution in [0.2, 0.25) is 0 Å². The molecule has 0 fully saturated rings. The molecule has 0 aliphatic rings. The van der Waals surface area contributed by atoms with E-state index in [2.05, 4.69) is 53.1 Å². The molecule has 0 aliphatic carbocycles. The predicted molar refractivity (Wildman–Crippen MR) is 119 cm³/mol. The lowest BCUT2D eigenvalue weighted by Gasteiger charge is -2.13. The van der Waals surface area contributed by atoms with Gasteiger partial charge >= 0.3 is 0 Å². The maximum Gasteiger partial charge on any atom is 0.159 e. The van der Waals surface area contributed by atoms with Crippen molar-refractivity contribution in [2.45, 2.75) is 27.2 Å². The smallest absolute Gasteiger partial charge is 0.159 e. The maximum atomic E-state index is 5.65. The van der Waals surface area contributed by atoms with Crippen LogP contribution in [0.3, 0.4) is 0 Å². The van der Waals surface area contributed by atoms with Gasteiger partial charge in [0.15, 0.2) is 11.6 Å². The lowest BCUT2D eigenvalue weighted by molar-refractivity contribution is 0.410. The molecule has 150 valence electrons. The molecule has 30 heavy (non-hydrogen) atoms. The van der Waals surface area contributed by atoms with Crippen LogP contribution >= 0.6 is 0 Å². The predicted octanol–water partition coefficient (Wildman–Crippen LogP) is 5.13. The number of hydrogen-bond donors (Lipinski definition) is 0. The minimum atomic E-state index is 0.629. The second kappa shape index (κ2) is 8.41. The van der Waals surface area contributed by atoms with E-state index in [-0.39, 0.29) is 0 Å². The summed E-state index contributed by atoms with van der Waals surface area (Å²) in [6.45, 7) is 6.22. The van der Waals surface area contributed by atoms with Gasteiger partial charge in [0.25, 0.3) is 0 Å². The van der Waals surface area contributed by atoms with E-state index < -0.39 is 0 Å². The fraction of sp³-hybridized carbons (Fsp3) is 0.200. The van der Waals surface area contributed by atoms with Crippen molar-refractivity contribution in [3.8, 4) is 28.5 Å². The third-order valence-corrected chi connectivity index (χ3v) is 5.14. The van der Waals surface area contributed by atoms with E-state index in [1.807, 2.05) is 31.3 Å². The van der Waals surface area contributed by atoms with Gasteiger partial charge in [0.1, 0.15) is 5.75 Å². The highest BCUT2D eigenvalue weighted by atomic mass is 16.5. The van der Waals surface area contributed by atoms with Gasteiger partial charge in [0.2, 0.25) is 0 Å². The summed E-state index contributed by atoms with van der Waals surface area (Å²) in [5.74, 6) is 2.28. The summed E-state index contributed by atoms with van der Waals surface area (Å²) in [5.41, 5.74) is 7.49. The molecule has 0 bridgehead atoms. The molecule has 0 saturated heterocycles. The zero-order valence-corrected chi connectivity index (χ0v) is 17.7. The van der Waals surface area contributed by atoms with Gasteiger partial charge in [0, 0.05) is 47.4 Å². The van der Waals surface area contributed by atoms with Crippen LogP contribution < -0.4 is 4.74 Å². The first-order valence-corrected chi connectivity index (χ1v) is 9.89. The Hall–Kier alpha value is -3.60. The van der Waals surface area contributed by atoms with Gasteiger partial charge in [0.05, 0.1) is 7.11 Å². The van der Waals surface area contributed by atoms with Crippen molar-refractivity contribution in [1.29, 1.82) is 0 Å². The van der Waals surface area contributed by atoms with Gasteiger partial charge in [-0.05, 0) is 56.2 Å². The van der Waals surface area contributed by atoms with Crippen LogP contribution in [0.5, 0.6) is 5.75 Å². The van der Waals surface area contributed by atoms with Crippen LogP contribution in [-0.4, -0.2) is 27.0 Å². The first kappa shape index (κ1) is 19.7. The van der Waals surface area contributed by atoms with Crippen LogP contribution in [0.1, 0.15) is 27.9 Å². The molecule has 2 heterocycles. The number of hydrogen-bond acceptors (Lipinski definition) is 5. The van der Waals surface area contributed by atoms with E-state index in [1.54, 1.807) is 19.5 Å². The molecule has 2 aromatic carbocycles. The maximum absolute atomic E-state index is 5.65. The van der Waals surface area contributed by atoms with Crippen LogP contribution in [0.25, 0.3) is 22.8 Å². The molecule has 0 amide bonds. The normalized spacial score (nSPS) is 10.8. The third-order valence-electron chi connectivity index (χ3n) is 5.14. The second-order valence-corrected chi connectivity index (χ2v) is 7.42. The number of ether oxygens (including phenoxy) is 1. The van der Waals surface area contributed by atoms with Crippen molar-refractivity contribution in [1.82, 2.24) is 19.9 Å². The van der Waals surface area contributed by atoms with Gasteiger partial charge in [-0.3, -0.25) is 0 Å². The van der Waals surface area contributed by atoms with Crippen LogP contribution in [-0.2, 0) is 6.42 Å². The molecule has 0 atom stereocenters. The molecule has 4 aromatic rings. The Bertz CT molecular complexity index is 1190. The Morgan fingerprint density at radius 3 is 2.23 bits per heavy atom. The van der Waals surface area contributed by atoms with Crippen molar-refractivity contribution < 1.29 is 4.74 Å². The number of aromatic nitrogens is 4. The number of aryl methyl sites for hydroxylation is 3. The van der Waals surface area contributed by atoms with E-state index in [1.165, 1.54) is 11.1 Å². The molecule has 5 nitrogen and oxygen atoms in total. The Morgan fingerprint density at radius 2 is 1.50 bits per heavy atom. The van der Waals surface area contributed by atoms with E-state index in [0.29, 0.717) is 12.2 Å². The van der Waals surface area contributed by atoms with E-state index in [9.17, 15) is 0 Å². The Labute approximate surface area is 176 Å². The lowest BCUT2D eigenvalue weighted by atomic mass is 9.99. The first-order chi connectivity index (χ1) is 14.5. The van der Waals surface area contributed by atoms with Crippen molar-refractivity contribution in [3.05, 3.63) is 89.0 Å². The molecule has 0 saturated carbocycles. The highest BCUT2D eigenvalue weighted by molar-refractivity contribution is 5.64. The Morgan fingerprint density at radius 1 is 0.767 bits per heavy atom. The van der Waals surface area contributed by atoms with Crippen molar-refractivity contribution in [3.63, 3.8) is 0 Å². The molecule has 2 aromatic heterocycles. The Kier molecular flexibility index (Phi) is 5.53. The SMILES string of the molecule is COc1cc(C)c(-c2ncccn2)cc1Cc1ccnc(-c2ccc(C)cc2C)n1. The third kappa shape index (κ3) is 4.06. The largest absolute Gasteiger partial charge is 0.496 e. The van der Waals surface area contributed by atoms with E-state index in [0.717, 1.165) is 39.5 Å². The van der Waals surface area contributed by atoms with E-state index >= 15 is 0 Å². The number of methoxy groups -OCH3 is 1. The average molecular weight is 396 g/mol. The molecule has 0 N–H and O–H groups in total. The first-order valence-electron chi connectivity index (χ1n) is 9.89. The van der Waals surface area contributed by atoms with Crippen molar-refractivity contribution in [2.24, 2.45) is 0 Å². The number of nitrogens with zero attached hydrogens (tertiary/aromatic N) is 4. The van der Waals surface area contributed by atoms with Gasteiger partial charge in [-0.25, -0.2) is 19.9 Å². The zero-order chi connectivity index (χ0) is 21.1. The number of benzene rings is 2. The Balaban J connectivity index is 1.72. The molecular weight excluding hydrogens is 372 g/mol. The molecule has 4 rings (SSSR count). The molecule has 0 unspecified atom stereocenters. The van der Waals surface area contributed by atoms with E-state index in [4.69, 9.17) is 9.72 Å². The minimum absolute atomic E-state index is 0.629. The molecule has 0 radical (unpaired) electrons. The summed E-state index contributed by atoms with van der Waals surface area (Å²) in [5, 5.41) is 0. The number of rotatable bonds is 5. The summed E-state index contributed by atoms with van der Waals surface area (Å²) in [6, 6.07) is 14.2. The topological polar surface area (TPSA) is 60.8 Å². The molecule has 5 heteroatoms. The van der Waals surface area contributed by atoms with Gasteiger partial charge < -0.3 is 4.74 Å². The molecule has 0 aliphatic heterocycles. The zero-order valence-electron chi connectivity index (χ0n) is 17.7. The summed E-state index contributed by atoms with van der Waals surface area (Å²) >= 11 is 0. The van der Waals surface area contributed by atoms with Gasteiger partial charge in [-0.2, -0.15) is 0 Å². The summed E-state index contributed by atoms with van der Waals surface area (Å²) in [7, 11) is 1.69. The van der Waals surface area contributed by atoms with Gasteiger partial charge in [-0.1, -0.05) is 23.8 Å². The van der Waals surface area contributed by atoms with Crippen LogP contribution in [0.4, 0.5) is 0 Å². The molecule has 0 spiro atoms. The summed E-state index contributed by atoms with van der Waals surface area (Å²) in [4.78, 5) is 18.1. The second-order valence-electron chi connectivity index (χ2n) is 7.42. The lowest BCUT2D eigenvalue weighted by Crippen LogP contribution is -2.01. The van der Waals surface area contributed by atoms with Crippen LogP contribution in [0.15, 0.2) is 61.1 Å². The standard InChI is InChI=1S/C25H24N4O/c1-16-6-7-21(17(2)12-16)25-28-11-8-20(29-25)14-19-15-22(18(3)13-23(19)30-4)24-26-9-5-10-27-24/h5-13,15H,14H2,1-4H3.